The highest BCUT2D eigenvalue weighted by molar-refractivity contribution is 5.87. The number of nitrogens with zero attached hydrogens (tertiary/aromatic N) is 1. The molecular formula is C9H15F3N2O2. The van der Waals surface area contributed by atoms with Crippen molar-refractivity contribution in [3.63, 3.8) is 0 Å². The van der Waals surface area contributed by atoms with Gasteiger partial charge in [0.15, 0.2) is 0 Å². The van der Waals surface area contributed by atoms with Crippen molar-refractivity contribution in [2.75, 3.05) is 19.7 Å². The lowest BCUT2D eigenvalue weighted by atomic mass is 9.76. The molecule has 1 saturated carbocycles. The van der Waals surface area contributed by atoms with Gasteiger partial charge in [-0.15, -0.1) is 0 Å². The van der Waals surface area contributed by atoms with E-state index in [9.17, 15) is 18.0 Å². The topological polar surface area (TPSA) is 66.6 Å². The molecule has 3 N–H and O–H groups in total. The van der Waals surface area contributed by atoms with Crippen LogP contribution in [0.25, 0.3) is 0 Å². The number of carbonyl (C=O) groups is 1. The van der Waals surface area contributed by atoms with E-state index in [-0.39, 0.29) is 6.54 Å². The largest absolute Gasteiger partial charge is 0.406 e. The van der Waals surface area contributed by atoms with Crippen molar-refractivity contribution in [1.29, 1.82) is 0 Å². The van der Waals surface area contributed by atoms with E-state index in [4.69, 9.17) is 10.8 Å². The summed E-state index contributed by atoms with van der Waals surface area (Å²) in [5.41, 5.74) is 4.50. The Kier molecular flexibility index (Phi) is 3.80. The first-order chi connectivity index (χ1) is 7.28. The monoisotopic (exact) mass is 240 g/mol. The van der Waals surface area contributed by atoms with Crippen LogP contribution in [0.3, 0.4) is 0 Å². The van der Waals surface area contributed by atoms with E-state index < -0.39 is 30.8 Å². The summed E-state index contributed by atoms with van der Waals surface area (Å²) in [5, 5.41) is 8.64. The molecule has 1 aliphatic carbocycles. The smallest absolute Gasteiger partial charge is 0.395 e. The second kappa shape index (κ2) is 4.58. The standard InChI is InChI=1S/C9H15F3N2O2/c10-9(11,12)6-14(4-5-15)7(16)8(13)2-1-3-8/h15H,1-6,13H2. The fraction of sp³-hybridized carbons (Fsp3) is 0.889. The van der Waals surface area contributed by atoms with Crippen molar-refractivity contribution in [3.8, 4) is 0 Å². The van der Waals surface area contributed by atoms with Crippen LogP contribution in [0.2, 0.25) is 0 Å². The van der Waals surface area contributed by atoms with Gasteiger partial charge >= 0.3 is 6.18 Å². The van der Waals surface area contributed by atoms with Crippen LogP contribution in [0.15, 0.2) is 0 Å². The van der Waals surface area contributed by atoms with Crippen LogP contribution in [0.1, 0.15) is 19.3 Å². The minimum Gasteiger partial charge on any atom is -0.395 e. The number of nitrogens with two attached hydrogens (primary N) is 1. The molecule has 0 spiro atoms. The molecule has 0 saturated heterocycles. The summed E-state index contributed by atoms with van der Waals surface area (Å²) in [6.45, 7) is -2.19. The van der Waals surface area contributed by atoms with Gasteiger partial charge in [0.05, 0.1) is 12.1 Å². The number of aliphatic hydroxyl groups excluding tert-OH is 1. The lowest BCUT2D eigenvalue weighted by Crippen LogP contribution is -2.61. The zero-order valence-electron chi connectivity index (χ0n) is 8.76. The van der Waals surface area contributed by atoms with Gasteiger partial charge in [-0.05, 0) is 19.3 Å². The lowest BCUT2D eigenvalue weighted by Gasteiger charge is -2.40. The van der Waals surface area contributed by atoms with Crippen molar-refractivity contribution >= 4 is 5.91 Å². The van der Waals surface area contributed by atoms with Crippen LogP contribution in [0.4, 0.5) is 13.2 Å². The van der Waals surface area contributed by atoms with Crippen molar-refractivity contribution in [2.24, 2.45) is 5.73 Å². The fourth-order valence-corrected chi connectivity index (χ4v) is 1.68. The van der Waals surface area contributed by atoms with E-state index >= 15 is 0 Å². The zero-order valence-corrected chi connectivity index (χ0v) is 8.76. The molecule has 0 aliphatic heterocycles. The van der Waals surface area contributed by atoms with Crippen molar-refractivity contribution in [1.82, 2.24) is 4.90 Å². The SMILES string of the molecule is NC1(C(=O)N(CCO)CC(F)(F)F)CCC1. The molecule has 0 aromatic heterocycles. The molecule has 1 aliphatic rings. The highest BCUT2D eigenvalue weighted by Crippen LogP contribution is 2.31. The summed E-state index contributed by atoms with van der Waals surface area (Å²) >= 11 is 0. The number of hydrogen-bond acceptors (Lipinski definition) is 3. The Labute approximate surface area is 91.2 Å². The number of carbonyl (C=O) groups excluding carboxylic acids is 1. The van der Waals surface area contributed by atoms with Gasteiger partial charge in [-0.2, -0.15) is 13.2 Å². The quantitative estimate of drug-likeness (QED) is 0.740. The Hall–Kier alpha value is -0.820. The molecule has 0 aromatic carbocycles. The second-order valence-electron chi connectivity index (χ2n) is 4.08. The maximum absolute atomic E-state index is 12.2. The van der Waals surface area contributed by atoms with Crippen LogP contribution in [0, 0.1) is 0 Å². The average Bonchev–Trinajstić information content (AvgIpc) is 2.10. The van der Waals surface area contributed by atoms with Crippen molar-refractivity contribution in [3.05, 3.63) is 0 Å². The Morgan fingerprint density at radius 3 is 2.31 bits per heavy atom. The first-order valence-corrected chi connectivity index (χ1v) is 5.04. The lowest BCUT2D eigenvalue weighted by molar-refractivity contribution is -0.167. The fourth-order valence-electron chi connectivity index (χ4n) is 1.68. The Morgan fingerprint density at radius 1 is 1.44 bits per heavy atom. The molecule has 7 heteroatoms. The molecule has 1 amide bonds. The molecule has 4 nitrogen and oxygen atoms in total. The summed E-state index contributed by atoms with van der Waals surface area (Å²) in [6.07, 6.45) is -2.90. The maximum Gasteiger partial charge on any atom is 0.406 e. The number of rotatable bonds is 4. The molecule has 0 aromatic rings. The van der Waals surface area contributed by atoms with Gasteiger partial charge in [0, 0.05) is 6.54 Å². The molecule has 1 rings (SSSR count). The van der Waals surface area contributed by atoms with Gasteiger partial charge in [0.25, 0.3) is 0 Å². The number of halogens is 3. The summed E-state index contributed by atoms with van der Waals surface area (Å²) in [5.74, 6) is -0.717. The minimum absolute atomic E-state index is 0.336. The van der Waals surface area contributed by atoms with Gasteiger partial charge in [-0.25, -0.2) is 0 Å². The zero-order chi connectivity index (χ0) is 12.4. The summed E-state index contributed by atoms with van der Waals surface area (Å²) < 4.78 is 36.5. The summed E-state index contributed by atoms with van der Waals surface area (Å²) in [6, 6.07) is 0. The van der Waals surface area contributed by atoms with Gasteiger partial charge in [0.1, 0.15) is 6.54 Å². The third-order valence-corrected chi connectivity index (χ3v) is 2.70. The first kappa shape index (κ1) is 13.2. The number of aliphatic hydroxyl groups is 1. The third kappa shape index (κ3) is 3.08. The third-order valence-electron chi connectivity index (χ3n) is 2.70. The van der Waals surface area contributed by atoms with E-state index in [1.807, 2.05) is 0 Å². The van der Waals surface area contributed by atoms with E-state index in [0.29, 0.717) is 17.7 Å². The van der Waals surface area contributed by atoms with Crippen LogP contribution >= 0.6 is 0 Å². The Morgan fingerprint density at radius 2 is 2.00 bits per heavy atom. The minimum atomic E-state index is -4.47. The number of amides is 1. The Bertz CT molecular complexity index is 264. The number of hydrogen-bond donors (Lipinski definition) is 2. The van der Waals surface area contributed by atoms with Crippen molar-refractivity contribution < 1.29 is 23.1 Å². The average molecular weight is 240 g/mol. The predicted octanol–water partition coefficient (Wildman–Crippen LogP) is 0.251. The highest BCUT2D eigenvalue weighted by Gasteiger charge is 2.45. The van der Waals surface area contributed by atoms with Crippen molar-refractivity contribution in [2.45, 2.75) is 31.0 Å². The molecule has 94 valence electrons. The molecule has 0 bridgehead atoms. The molecular weight excluding hydrogens is 225 g/mol. The van der Waals surface area contributed by atoms with Crippen LogP contribution in [-0.4, -0.2) is 47.3 Å². The summed E-state index contributed by atoms with van der Waals surface area (Å²) in [7, 11) is 0. The van der Waals surface area contributed by atoms with E-state index in [1.165, 1.54) is 0 Å². The molecule has 0 atom stereocenters. The van der Waals surface area contributed by atoms with Gasteiger partial charge in [0.2, 0.25) is 5.91 Å². The first-order valence-electron chi connectivity index (χ1n) is 5.04. The molecule has 0 heterocycles. The van der Waals surface area contributed by atoms with Gasteiger partial charge in [-0.3, -0.25) is 4.79 Å². The van der Waals surface area contributed by atoms with Crippen LogP contribution in [-0.2, 0) is 4.79 Å². The molecule has 16 heavy (non-hydrogen) atoms. The maximum atomic E-state index is 12.2. The van der Waals surface area contributed by atoms with Crippen LogP contribution < -0.4 is 5.73 Å². The summed E-state index contributed by atoms with van der Waals surface area (Å²) in [4.78, 5) is 12.3. The second-order valence-corrected chi connectivity index (χ2v) is 4.08. The number of alkyl halides is 3. The Balaban J connectivity index is 2.65. The van der Waals surface area contributed by atoms with Crippen LogP contribution in [0.5, 0.6) is 0 Å². The van der Waals surface area contributed by atoms with E-state index in [0.717, 1.165) is 6.42 Å². The van der Waals surface area contributed by atoms with Gasteiger partial charge < -0.3 is 15.7 Å². The van der Waals surface area contributed by atoms with E-state index in [1.54, 1.807) is 0 Å². The van der Waals surface area contributed by atoms with E-state index in [2.05, 4.69) is 0 Å². The normalized spacial score (nSPS) is 19.1. The highest BCUT2D eigenvalue weighted by atomic mass is 19.4. The van der Waals surface area contributed by atoms with Gasteiger partial charge in [-0.1, -0.05) is 0 Å². The predicted molar refractivity (Wildman–Crippen MR) is 50.5 cm³/mol. The molecule has 0 radical (unpaired) electrons. The molecule has 0 unspecified atom stereocenters. The molecule has 1 fully saturated rings.